The van der Waals surface area contributed by atoms with Crippen LogP contribution in [0.2, 0.25) is 0 Å². The molecule has 0 aliphatic rings. The highest BCUT2D eigenvalue weighted by Gasteiger charge is 2.28. The molecule has 0 aliphatic carbocycles. The van der Waals surface area contributed by atoms with Gasteiger partial charge in [0, 0.05) is 5.54 Å². The Morgan fingerprint density at radius 3 is 2.44 bits per heavy atom. The molecular weight excluding hydrogens is 208 g/mol. The third kappa shape index (κ3) is 2.79. The average molecular weight is 227 g/mol. The van der Waals surface area contributed by atoms with Gasteiger partial charge in [0.1, 0.15) is 11.6 Å². The summed E-state index contributed by atoms with van der Waals surface area (Å²) in [7, 11) is 0. The third-order valence-electron chi connectivity index (χ3n) is 3.34. The first-order chi connectivity index (χ1) is 7.39. The van der Waals surface area contributed by atoms with E-state index < -0.39 is 11.4 Å². The van der Waals surface area contributed by atoms with Crippen molar-refractivity contribution in [3.8, 4) is 0 Å². The van der Waals surface area contributed by atoms with E-state index in [0.29, 0.717) is 12.0 Å². The standard InChI is InChI=1S/C13H19F2N/c1-4-13(16,9(2)3)8-10-7-11(14)5-6-12(10)15/h5-7,9H,4,8,16H2,1-3H3. The van der Waals surface area contributed by atoms with Crippen LogP contribution in [0.3, 0.4) is 0 Å². The lowest BCUT2D eigenvalue weighted by Crippen LogP contribution is -2.46. The summed E-state index contributed by atoms with van der Waals surface area (Å²) in [5.74, 6) is -0.580. The molecule has 0 saturated heterocycles. The smallest absolute Gasteiger partial charge is 0.126 e. The van der Waals surface area contributed by atoms with Crippen LogP contribution in [0, 0.1) is 17.6 Å². The fraction of sp³-hybridized carbons (Fsp3) is 0.538. The van der Waals surface area contributed by atoms with E-state index >= 15 is 0 Å². The van der Waals surface area contributed by atoms with Crippen molar-refractivity contribution in [1.29, 1.82) is 0 Å². The minimum Gasteiger partial charge on any atom is -0.325 e. The molecule has 1 atom stereocenters. The SMILES string of the molecule is CCC(N)(Cc1cc(F)ccc1F)C(C)C. The van der Waals surface area contributed by atoms with E-state index in [1.807, 2.05) is 20.8 Å². The number of hydrogen-bond donors (Lipinski definition) is 1. The third-order valence-corrected chi connectivity index (χ3v) is 3.34. The Morgan fingerprint density at radius 2 is 1.94 bits per heavy atom. The Morgan fingerprint density at radius 1 is 1.31 bits per heavy atom. The lowest BCUT2D eigenvalue weighted by Gasteiger charge is -2.32. The average Bonchev–Trinajstić information content (AvgIpc) is 2.23. The molecule has 3 heteroatoms. The molecule has 90 valence electrons. The van der Waals surface area contributed by atoms with E-state index in [2.05, 4.69) is 0 Å². The molecule has 2 N–H and O–H groups in total. The van der Waals surface area contributed by atoms with Crippen LogP contribution in [0.5, 0.6) is 0 Å². The molecule has 0 radical (unpaired) electrons. The molecule has 0 fully saturated rings. The van der Waals surface area contributed by atoms with Crippen molar-refractivity contribution >= 4 is 0 Å². The molecule has 0 spiro atoms. The quantitative estimate of drug-likeness (QED) is 0.839. The molecule has 0 aromatic heterocycles. The second-order valence-electron chi connectivity index (χ2n) is 4.65. The van der Waals surface area contributed by atoms with Gasteiger partial charge in [0.25, 0.3) is 0 Å². The zero-order valence-electron chi connectivity index (χ0n) is 10.1. The minimum absolute atomic E-state index is 0.222. The van der Waals surface area contributed by atoms with Gasteiger partial charge in [0.2, 0.25) is 0 Å². The van der Waals surface area contributed by atoms with Gasteiger partial charge in [0.05, 0.1) is 0 Å². The van der Waals surface area contributed by atoms with E-state index in [9.17, 15) is 8.78 Å². The zero-order chi connectivity index (χ0) is 12.3. The van der Waals surface area contributed by atoms with Gasteiger partial charge in [-0.3, -0.25) is 0 Å². The maximum Gasteiger partial charge on any atom is 0.126 e. The van der Waals surface area contributed by atoms with Crippen LogP contribution in [0.15, 0.2) is 18.2 Å². The molecule has 0 saturated carbocycles. The molecule has 0 bridgehead atoms. The van der Waals surface area contributed by atoms with Gasteiger partial charge in [-0.2, -0.15) is 0 Å². The normalized spacial score (nSPS) is 15.2. The van der Waals surface area contributed by atoms with Crippen molar-refractivity contribution in [2.75, 3.05) is 0 Å². The molecule has 0 amide bonds. The first-order valence-corrected chi connectivity index (χ1v) is 5.62. The van der Waals surface area contributed by atoms with Gasteiger partial charge in [-0.25, -0.2) is 8.78 Å². The fourth-order valence-corrected chi connectivity index (χ4v) is 1.77. The molecule has 0 heterocycles. The topological polar surface area (TPSA) is 26.0 Å². The highest BCUT2D eigenvalue weighted by Crippen LogP contribution is 2.24. The molecule has 1 aromatic rings. The van der Waals surface area contributed by atoms with Crippen LogP contribution in [0.25, 0.3) is 0 Å². The molecule has 1 rings (SSSR count). The first kappa shape index (κ1) is 13.1. The molecule has 0 aliphatic heterocycles. The van der Waals surface area contributed by atoms with Crippen molar-refractivity contribution < 1.29 is 8.78 Å². The predicted molar refractivity (Wildman–Crippen MR) is 62.1 cm³/mol. The summed E-state index contributed by atoms with van der Waals surface area (Å²) >= 11 is 0. The van der Waals surface area contributed by atoms with Gasteiger partial charge in [-0.05, 0) is 42.5 Å². The maximum atomic E-state index is 13.5. The second-order valence-corrected chi connectivity index (χ2v) is 4.65. The summed E-state index contributed by atoms with van der Waals surface area (Å²) in [5, 5.41) is 0. The molecule has 16 heavy (non-hydrogen) atoms. The van der Waals surface area contributed by atoms with Crippen LogP contribution >= 0.6 is 0 Å². The monoisotopic (exact) mass is 227 g/mol. The number of rotatable bonds is 4. The number of halogens is 2. The van der Waals surface area contributed by atoms with Crippen molar-refractivity contribution in [3.05, 3.63) is 35.4 Å². The number of benzene rings is 1. The van der Waals surface area contributed by atoms with Gasteiger partial charge >= 0.3 is 0 Å². The lowest BCUT2D eigenvalue weighted by molar-refractivity contribution is 0.292. The van der Waals surface area contributed by atoms with Crippen LogP contribution in [-0.2, 0) is 6.42 Å². The summed E-state index contributed by atoms with van der Waals surface area (Å²) in [6.45, 7) is 5.97. The molecular formula is C13H19F2N. The number of hydrogen-bond acceptors (Lipinski definition) is 1. The zero-order valence-corrected chi connectivity index (χ0v) is 10.1. The van der Waals surface area contributed by atoms with Crippen molar-refractivity contribution in [3.63, 3.8) is 0 Å². The van der Waals surface area contributed by atoms with Gasteiger partial charge in [0.15, 0.2) is 0 Å². The van der Waals surface area contributed by atoms with Crippen LogP contribution < -0.4 is 5.73 Å². The first-order valence-electron chi connectivity index (χ1n) is 5.62. The van der Waals surface area contributed by atoms with Crippen molar-refractivity contribution in [2.24, 2.45) is 11.7 Å². The Labute approximate surface area is 95.7 Å². The van der Waals surface area contributed by atoms with E-state index in [1.54, 1.807) is 0 Å². The van der Waals surface area contributed by atoms with Gasteiger partial charge in [-0.15, -0.1) is 0 Å². The lowest BCUT2D eigenvalue weighted by atomic mass is 9.79. The highest BCUT2D eigenvalue weighted by atomic mass is 19.1. The molecule has 1 aromatic carbocycles. The summed E-state index contributed by atoms with van der Waals surface area (Å²) in [6, 6.07) is 3.51. The molecule has 1 nitrogen and oxygen atoms in total. The summed E-state index contributed by atoms with van der Waals surface area (Å²) < 4.78 is 26.5. The fourth-order valence-electron chi connectivity index (χ4n) is 1.77. The van der Waals surface area contributed by atoms with Gasteiger partial charge in [-0.1, -0.05) is 20.8 Å². The predicted octanol–water partition coefficient (Wildman–Crippen LogP) is 3.27. The molecule has 1 unspecified atom stereocenters. The summed E-state index contributed by atoms with van der Waals surface area (Å²) in [4.78, 5) is 0. The minimum atomic E-state index is -0.478. The van der Waals surface area contributed by atoms with E-state index in [1.165, 1.54) is 6.07 Å². The van der Waals surface area contributed by atoms with E-state index in [4.69, 9.17) is 5.73 Å². The Bertz CT molecular complexity index is 363. The van der Waals surface area contributed by atoms with Crippen molar-refractivity contribution in [2.45, 2.75) is 39.2 Å². The van der Waals surface area contributed by atoms with Crippen molar-refractivity contribution in [1.82, 2.24) is 0 Å². The Hall–Kier alpha value is -0.960. The maximum absolute atomic E-state index is 13.5. The van der Waals surface area contributed by atoms with Crippen LogP contribution in [0.4, 0.5) is 8.78 Å². The largest absolute Gasteiger partial charge is 0.325 e. The van der Waals surface area contributed by atoms with Gasteiger partial charge < -0.3 is 5.73 Å². The summed E-state index contributed by atoms with van der Waals surface area (Å²) in [6.07, 6.45) is 1.10. The van der Waals surface area contributed by atoms with E-state index in [-0.39, 0.29) is 11.7 Å². The Kier molecular flexibility index (Phi) is 4.03. The highest BCUT2D eigenvalue weighted by molar-refractivity contribution is 5.21. The number of nitrogens with two attached hydrogens (primary N) is 1. The van der Waals surface area contributed by atoms with E-state index in [0.717, 1.165) is 18.6 Å². The Balaban J connectivity index is 2.98. The van der Waals surface area contributed by atoms with Crippen LogP contribution in [0.1, 0.15) is 32.8 Å². The summed E-state index contributed by atoms with van der Waals surface area (Å²) in [5.41, 5.74) is 6.08. The van der Waals surface area contributed by atoms with Crippen LogP contribution in [-0.4, -0.2) is 5.54 Å². The second kappa shape index (κ2) is 4.91.